The molecule has 3 aromatic carbocycles. The molecule has 0 saturated heterocycles. The molecule has 0 atom stereocenters. The van der Waals surface area contributed by atoms with Gasteiger partial charge in [-0.2, -0.15) is 18.2 Å². The molecule has 0 radical (unpaired) electrons. The van der Waals surface area contributed by atoms with E-state index in [9.17, 15) is 18.0 Å². The van der Waals surface area contributed by atoms with Crippen LogP contribution in [-0.2, 0) is 6.18 Å². The second-order valence-corrected chi connectivity index (χ2v) is 7.35. The van der Waals surface area contributed by atoms with Gasteiger partial charge in [-0.05, 0) is 60.7 Å². The average Bonchev–Trinajstić information content (AvgIpc) is 3.24. The fraction of sp³-hybridized carbons (Fsp3) is 0.0870. The zero-order valence-corrected chi connectivity index (χ0v) is 17.9. The number of halogens is 4. The van der Waals surface area contributed by atoms with Gasteiger partial charge in [0.15, 0.2) is 5.82 Å². The Balaban J connectivity index is 1.59. The van der Waals surface area contributed by atoms with Crippen LogP contribution in [0.4, 0.5) is 18.9 Å². The summed E-state index contributed by atoms with van der Waals surface area (Å²) in [6.07, 6.45) is -4.43. The summed E-state index contributed by atoms with van der Waals surface area (Å²) >= 11 is 5.85. The number of hydrogen-bond acceptors (Lipinski definition) is 4. The number of aromatic nitrogens is 3. The maximum Gasteiger partial charge on any atom is 0.416 e. The molecule has 0 bridgehead atoms. The van der Waals surface area contributed by atoms with Crippen LogP contribution in [0.5, 0.6) is 6.01 Å². The Morgan fingerprint density at radius 3 is 2.18 bits per heavy atom. The fourth-order valence-electron chi connectivity index (χ4n) is 3.05. The van der Waals surface area contributed by atoms with Gasteiger partial charge < -0.3 is 10.1 Å². The molecule has 1 amide bonds. The van der Waals surface area contributed by atoms with Crippen molar-refractivity contribution in [2.75, 3.05) is 12.4 Å². The number of anilines is 1. The van der Waals surface area contributed by atoms with E-state index in [1.165, 1.54) is 23.9 Å². The molecule has 1 N–H and O–H groups in total. The number of hydrogen-bond donors (Lipinski definition) is 1. The second kappa shape index (κ2) is 8.95. The summed E-state index contributed by atoms with van der Waals surface area (Å²) in [6, 6.07) is 17.9. The molecule has 0 fully saturated rings. The molecule has 10 heteroatoms. The smallest absolute Gasteiger partial charge is 0.416 e. The monoisotopic (exact) mass is 472 g/mol. The molecule has 1 aromatic heterocycles. The minimum Gasteiger partial charge on any atom is -0.466 e. The molecule has 1 heterocycles. The van der Waals surface area contributed by atoms with Crippen LogP contribution >= 0.6 is 11.6 Å². The molecule has 168 valence electrons. The first kappa shape index (κ1) is 22.3. The molecule has 33 heavy (non-hydrogen) atoms. The van der Waals surface area contributed by atoms with E-state index in [1.54, 1.807) is 48.5 Å². The summed E-state index contributed by atoms with van der Waals surface area (Å²) in [5.74, 6) is 0.00538. The number of rotatable bonds is 5. The Bertz CT molecular complexity index is 1270. The van der Waals surface area contributed by atoms with Gasteiger partial charge >= 0.3 is 12.2 Å². The lowest BCUT2D eigenvalue weighted by Gasteiger charge is -2.10. The van der Waals surface area contributed by atoms with Crippen LogP contribution in [0.1, 0.15) is 15.9 Å². The zero-order valence-electron chi connectivity index (χ0n) is 17.1. The fourth-order valence-corrected chi connectivity index (χ4v) is 3.17. The van der Waals surface area contributed by atoms with Crippen molar-refractivity contribution < 1.29 is 22.7 Å². The number of nitrogens with one attached hydrogen (secondary N) is 1. The van der Waals surface area contributed by atoms with Crippen LogP contribution in [0.2, 0.25) is 5.02 Å². The van der Waals surface area contributed by atoms with Crippen molar-refractivity contribution in [1.29, 1.82) is 0 Å². The van der Waals surface area contributed by atoms with Crippen molar-refractivity contribution in [3.05, 3.63) is 88.9 Å². The minimum absolute atomic E-state index is 0.0602. The highest BCUT2D eigenvalue weighted by Gasteiger charge is 2.30. The lowest BCUT2D eigenvalue weighted by Crippen LogP contribution is -2.11. The van der Waals surface area contributed by atoms with Gasteiger partial charge in [0.05, 0.1) is 18.4 Å². The van der Waals surface area contributed by atoms with E-state index in [2.05, 4.69) is 15.4 Å². The van der Waals surface area contributed by atoms with Gasteiger partial charge in [-0.25, -0.2) is 4.68 Å². The third-order valence-corrected chi connectivity index (χ3v) is 4.97. The van der Waals surface area contributed by atoms with Crippen molar-refractivity contribution in [1.82, 2.24) is 14.8 Å². The summed E-state index contributed by atoms with van der Waals surface area (Å²) in [6.45, 7) is 0. The third-order valence-electron chi connectivity index (χ3n) is 4.72. The van der Waals surface area contributed by atoms with E-state index in [4.69, 9.17) is 16.3 Å². The van der Waals surface area contributed by atoms with Crippen LogP contribution in [0.3, 0.4) is 0 Å². The quantitative estimate of drug-likeness (QED) is 0.394. The Labute approximate surface area is 191 Å². The topological polar surface area (TPSA) is 69.0 Å². The van der Waals surface area contributed by atoms with Crippen LogP contribution in [0, 0.1) is 0 Å². The van der Waals surface area contributed by atoms with Crippen LogP contribution in [-0.4, -0.2) is 27.8 Å². The Morgan fingerprint density at radius 1 is 0.970 bits per heavy atom. The normalized spacial score (nSPS) is 11.3. The summed E-state index contributed by atoms with van der Waals surface area (Å²) < 4.78 is 45.2. The van der Waals surface area contributed by atoms with Crippen LogP contribution < -0.4 is 10.1 Å². The summed E-state index contributed by atoms with van der Waals surface area (Å²) in [7, 11) is 1.39. The first-order chi connectivity index (χ1) is 15.7. The number of ether oxygens (including phenoxy) is 1. The molecular weight excluding hydrogens is 457 g/mol. The molecule has 4 rings (SSSR count). The van der Waals surface area contributed by atoms with E-state index >= 15 is 0 Å². The molecule has 0 aliphatic heterocycles. The Hall–Kier alpha value is -3.85. The summed E-state index contributed by atoms with van der Waals surface area (Å²) in [5, 5.41) is 7.57. The number of amides is 1. The predicted molar refractivity (Wildman–Crippen MR) is 118 cm³/mol. The highest BCUT2D eigenvalue weighted by atomic mass is 35.5. The minimum atomic E-state index is -4.43. The average molecular weight is 473 g/mol. The molecule has 0 unspecified atom stereocenters. The zero-order chi connectivity index (χ0) is 23.6. The number of methoxy groups -OCH3 is 1. The standard InChI is InChI=1S/C23H16ClF3N4O2/c1-33-22-29-20(14-2-6-16(7-3-14)23(25,26)27)31(30-22)19-12-10-18(11-13-19)28-21(32)15-4-8-17(24)9-5-15/h2-13H,1H3,(H,28,32). The van der Waals surface area contributed by atoms with Gasteiger partial charge in [0.2, 0.25) is 0 Å². The van der Waals surface area contributed by atoms with E-state index < -0.39 is 11.7 Å². The molecule has 6 nitrogen and oxygen atoms in total. The van der Waals surface area contributed by atoms with Gasteiger partial charge in [-0.15, -0.1) is 5.10 Å². The van der Waals surface area contributed by atoms with Gasteiger partial charge in [0.1, 0.15) is 0 Å². The summed E-state index contributed by atoms with van der Waals surface area (Å²) in [4.78, 5) is 16.6. The predicted octanol–water partition coefficient (Wildman–Crippen LogP) is 5.87. The van der Waals surface area contributed by atoms with E-state index in [-0.39, 0.29) is 11.9 Å². The van der Waals surface area contributed by atoms with Crippen molar-refractivity contribution in [3.63, 3.8) is 0 Å². The molecular formula is C23H16ClF3N4O2. The highest BCUT2D eigenvalue weighted by molar-refractivity contribution is 6.30. The lowest BCUT2D eigenvalue weighted by atomic mass is 10.1. The first-order valence-electron chi connectivity index (χ1n) is 9.60. The molecule has 4 aromatic rings. The summed E-state index contributed by atoms with van der Waals surface area (Å²) in [5.41, 5.74) is 1.24. The second-order valence-electron chi connectivity index (χ2n) is 6.92. The van der Waals surface area contributed by atoms with Crippen molar-refractivity contribution in [2.45, 2.75) is 6.18 Å². The maximum absolute atomic E-state index is 12.9. The highest BCUT2D eigenvalue weighted by Crippen LogP contribution is 2.31. The SMILES string of the molecule is COc1nc(-c2ccc(C(F)(F)F)cc2)n(-c2ccc(NC(=O)c3ccc(Cl)cc3)cc2)n1. The number of carbonyl (C=O) groups excluding carboxylic acids is 1. The van der Waals surface area contributed by atoms with Crippen LogP contribution in [0.15, 0.2) is 72.8 Å². The molecule has 0 spiro atoms. The van der Waals surface area contributed by atoms with Gasteiger partial charge in [0, 0.05) is 21.8 Å². The third kappa shape index (κ3) is 4.98. The lowest BCUT2D eigenvalue weighted by molar-refractivity contribution is -0.137. The van der Waals surface area contributed by atoms with Crippen molar-refractivity contribution in [3.8, 4) is 23.1 Å². The number of carbonyl (C=O) groups is 1. The molecule has 0 saturated carbocycles. The van der Waals surface area contributed by atoms with E-state index in [0.29, 0.717) is 33.3 Å². The van der Waals surface area contributed by atoms with E-state index in [0.717, 1.165) is 12.1 Å². The van der Waals surface area contributed by atoms with Crippen LogP contribution in [0.25, 0.3) is 17.1 Å². The molecule has 0 aliphatic carbocycles. The van der Waals surface area contributed by atoms with Crippen molar-refractivity contribution >= 4 is 23.2 Å². The Kier molecular flexibility index (Phi) is 6.06. The first-order valence-corrected chi connectivity index (χ1v) is 9.98. The number of benzene rings is 3. The maximum atomic E-state index is 12.9. The van der Waals surface area contributed by atoms with E-state index in [1.807, 2.05) is 0 Å². The largest absolute Gasteiger partial charge is 0.466 e. The number of nitrogens with zero attached hydrogens (tertiary/aromatic N) is 3. The van der Waals surface area contributed by atoms with Gasteiger partial charge in [0.25, 0.3) is 5.91 Å². The number of alkyl halides is 3. The van der Waals surface area contributed by atoms with Gasteiger partial charge in [-0.3, -0.25) is 4.79 Å². The molecule has 0 aliphatic rings. The Morgan fingerprint density at radius 2 is 1.61 bits per heavy atom. The van der Waals surface area contributed by atoms with Crippen molar-refractivity contribution in [2.24, 2.45) is 0 Å². The van der Waals surface area contributed by atoms with Gasteiger partial charge in [-0.1, -0.05) is 23.7 Å².